The van der Waals surface area contributed by atoms with Crippen LogP contribution in [0.3, 0.4) is 0 Å². The average Bonchev–Trinajstić information content (AvgIpc) is 3.44. The van der Waals surface area contributed by atoms with E-state index >= 15 is 4.39 Å². The fourth-order valence-corrected chi connectivity index (χ4v) is 5.66. The van der Waals surface area contributed by atoms with E-state index in [4.69, 9.17) is 4.74 Å². The fraction of sp³-hybridized carbons (Fsp3) is 0.407. The highest BCUT2D eigenvalue weighted by molar-refractivity contribution is 5.99. The lowest BCUT2D eigenvalue weighted by molar-refractivity contribution is -0.146. The summed E-state index contributed by atoms with van der Waals surface area (Å²) in [5.41, 5.74) is 4.51. The topological polar surface area (TPSA) is 59.9 Å². The highest BCUT2D eigenvalue weighted by atomic mass is 19.1. The van der Waals surface area contributed by atoms with E-state index < -0.39 is 0 Å². The van der Waals surface area contributed by atoms with Crippen LogP contribution >= 0.6 is 0 Å². The number of H-pyrrole nitrogens is 1. The van der Waals surface area contributed by atoms with Crippen molar-refractivity contribution in [1.82, 2.24) is 14.8 Å². The first-order chi connectivity index (χ1) is 16.3. The Labute approximate surface area is 197 Å². The molecule has 0 aliphatic heterocycles. The van der Waals surface area contributed by atoms with Gasteiger partial charge in [0.15, 0.2) is 5.82 Å². The number of benzene rings is 2. The van der Waals surface area contributed by atoms with E-state index in [9.17, 15) is 9.18 Å². The molecule has 2 heterocycles. The molecule has 0 spiro atoms. The summed E-state index contributed by atoms with van der Waals surface area (Å²) in [4.78, 5) is 12.1. The summed E-state index contributed by atoms with van der Waals surface area (Å²) in [6.07, 6.45) is 4.61. The van der Waals surface area contributed by atoms with Gasteiger partial charge in [0.25, 0.3) is 0 Å². The molecule has 1 aliphatic carbocycles. The minimum Gasteiger partial charge on any atom is -0.469 e. The van der Waals surface area contributed by atoms with Gasteiger partial charge in [-0.1, -0.05) is 13.8 Å². The van der Waals surface area contributed by atoms with E-state index in [0.717, 1.165) is 35.3 Å². The summed E-state index contributed by atoms with van der Waals surface area (Å²) in [5, 5.41) is 8.15. The molecule has 4 aromatic rings. The van der Waals surface area contributed by atoms with Crippen LogP contribution in [0.15, 0.2) is 30.5 Å². The number of ether oxygens (including phenoxy) is 1. The average molecular weight is 466 g/mol. The Kier molecular flexibility index (Phi) is 5.66. The number of aryl methyl sites for hydroxylation is 1. The third-order valence-electron chi connectivity index (χ3n) is 7.30. The van der Waals surface area contributed by atoms with Crippen LogP contribution < -0.4 is 0 Å². The third kappa shape index (κ3) is 3.49. The van der Waals surface area contributed by atoms with Gasteiger partial charge >= 0.3 is 5.97 Å². The molecule has 2 aromatic carbocycles. The molecule has 178 valence electrons. The van der Waals surface area contributed by atoms with Crippen molar-refractivity contribution in [2.75, 3.05) is 7.11 Å². The first kappa shape index (κ1) is 22.6. The molecule has 0 saturated heterocycles. The van der Waals surface area contributed by atoms with Crippen LogP contribution in [0.4, 0.5) is 8.78 Å². The molecule has 5 rings (SSSR count). The number of carbonyl (C=O) groups is 1. The largest absolute Gasteiger partial charge is 0.469 e. The molecular weight excluding hydrogens is 436 g/mol. The summed E-state index contributed by atoms with van der Waals surface area (Å²) in [7, 11) is 1.43. The van der Waals surface area contributed by atoms with Gasteiger partial charge in [0.05, 0.1) is 24.7 Å². The van der Waals surface area contributed by atoms with Crippen molar-refractivity contribution in [1.29, 1.82) is 0 Å². The lowest BCUT2D eigenvalue weighted by Crippen LogP contribution is -2.22. The molecular formula is C27H29F2N3O2. The van der Waals surface area contributed by atoms with Gasteiger partial charge in [-0.2, -0.15) is 5.10 Å². The van der Waals surface area contributed by atoms with E-state index in [1.54, 1.807) is 19.2 Å². The van der Waals surface area contributed by atoms with E-state index in [2.05, 4.69) is 28.6 Å². The molecule has 1 saturated carbocycles. The van der Waals surface area contributed by atoms with Crippen LogP contribution in [0.5, 0.6) is 0 Å². The molecule has 7 heteroatoms. The van der Waals surface area contributed by atoms with Gasteiger partial charge in [-0.25, -0.2) is 8.78 Å². The van der Waals surface area contributed by atoms with Crippen LogP contribution in [0.25, 0.3) is 27.5 Å². The summed E-state index contributed by atoms with van der Waals surface area (Å²) in [6, 6.07) is 7.00. The Morgan fingerprint density at radius 2 is 1.91 bits per heavy atom. The zero-order chi connectivity index (χ0) is 24.1. The quantitative estimate of drug-likeness (QED) is 0.343. The second-order valence-corrected chi connectivity index (χ2v) is 9.71. The monoisotopic (exact) mass is 465 g/mol. The van der Waals surface area contributed by atoms with E-state index in [0.29, 0.717) is 34.7 Å². The Balaban J connectivity index is 1.78. The standard InChI is InChI=1S/C27H29F2N3O2/c1-14(2)26-22(16-5-7-17(8-6-16)27(33)34-4)23-21(12-18-13-30-31-25(18)24(23)29)32(26)19-9-10-20(28)15(3)11-19/h9-14,16-17H,5-8H2,1-4H3,(H,30,31). The van der Waals surface area contributed by atoms with Crippen molar-refractivity contribution in [3.05, 3.63) is 58.9 Å². The number of fused-ring (bicyclic) bond motifs is 2. The van der Waals surface area contributed by atoms with Crippen molar-refractivity contribution in [2.24, 2.45) is 5.92 Å². The van der Waals surface area contributed by atoms with E-state index in [1.165, 1.54) is 13.2 Å². The molecule has 1 aliphatic rings. The first-order valence-corrected chi connectivity index (χ1v) is 11.9. The summed E-state index contributed by atoms with van der Waals surface area (Å²) in [5.74, 6) is -0.649. The maximum absolute atomic E-state index is 16.1. The molecule has 1 fully saturated rings. The molecule has 0 radical (unpaired) electrons. The van der Waals surface area contributed by atoms with Crippen LogP contribution in [-0.4, -0.2) is 27.8 Å². The maximum Gasteiger partial charge on any atom is 0.308 e. The fourth-order valence-electron chi connectivity index (χ4n) is 5.66. The number of methoxy groups -OCH3 is 1. The van der Waals surface area contributed by atoms with Crippen molar-refractivity contribution in [3.8, 4) is 5.69 Å². The van der Waals surface area contributed by atoms with Crippen molar-refractivity contribution in [3.63, 3.8) is 0 Å². The number of nitrogens with one attached hydrogen (secondary N) is 1. The van der Waals surface area contributed by atoms with Crippen LogP contribution in [0, 0.1) is 24.5 Å². The van der Waals surface area contributed by atoms with Crippen LogP contribution in [0.1, 0.15) is 68.2 Å². The van der Waals surface area contributed by atoms with Crippen molar-refractivity contribution < 1.29 is 18.3 Å². The maximum atomic E-state index is 16.1. The summed E-state index contributed by atoms with van der Waals surface area (Å²) < 4.78 is 37.2. The smallest absolute Gasteiger partial charge is 0.308 e. The zero-order valence-electron chi connectivity index (χ0n) is 19.9. The predicted molar refractivity (Wildman–Crippen MR) is 128 cm³/mol. The zero-order valence-corrected chi connectivity index (χ0v) is 19.9. The number of hydrogen-bond donors (Lipinski definition) is 1. The minimum atomic E-state index is -0.311. The number of esters is 1. The third-order valence-corrected chi connectivity index (χ3v) is 7.30. The number of halogens is 2. The number of nitrogens with zero attached hydrogens (tertiary/aromatic N) is 2. The second kappa shape index (κ2) is 8.53. The molecule has 1 N–H and O–H groups in total. The number of aromatic nitrogens is 3. The lowest BCUT2D eigenvalue weighted by Gasteiger charge is -2.28. The molecule has 0 unspecified atom stereocenters. The first-order valence-electron chi connectivity index (χ1n) is 11.9. The summed E-state index contributed by atoms with van der Waals surface area (Å²) in [6.45, 7) is 5.95. The minimum absolute atomic E-state index is 0.0990. The van der Waals surface area contributed by atoms with Gasteiger partial charge < -0.3 is 9.30 Å². The SMILES string of the molecule is COC(=O)C1CCC(c2c(C(C)C)n(-c3ccc(F)c(C)c3)c3cc4cn[nH]c4c(F)c23)CC1. The predicted octanol–water partition coefficient (Wildman–Crippen LogP) is 6.66. The number of carbonyl (C=O) groups excluding carboxylic acids is 1. The van der Waals surface area contributed by atoms with Gasteiger partial charge in [0.2, 0.25) is 0 Å². The second-order valence-electron chi connectivity index (χ2n) is 9.71. The van der Waals surface area contributed by atoms with Crippen LogP contribution in [-0.2, 0) is 9.53 Å². The Morgan fingerprint density at radius 3 is 2.56 bits per heavy atom. The van der Waals surface area contributed by atoms with Gasteiger partial charge in [0.1, 0.15) is 11.3 Å². The highest BCUT2D eigenvalue weighted by Crippen LogP contribution is 2.46. The molecule has 5 nitrogen and oxygen atoms in total. The lowest BCUT2D eigenvalue weighted by atomic mass is 9.77. The molecule has 0 amide bonds. The molecule has 0 bridgehead atoms. The Morgan fingerprint density at radius 1 is 1.18 bits per heavy atom. The van der Waals surface area contributed by atoms with Crippen molar-refractivity contribution in [2.45, 2.75) is 58.3 Å². The van der Waals surface area contributed by atoms with Crippen molar-refractivity contribution >= 4 is 27.8 Å². The van der Waals surface area contributed by atoms with E-state index in [1.807, 2.05) is 12.1 Å². The van der Waals surface area contributed by atoms with Gasteiger partial charge in [-0.3, -0.25) is 9.89 Å². The summed E-state index contributed by atoms with van der Waals surface area (Å²) >= 11 is 0. The van der Waals surface area contributed by atoms with Gasteiger partial charge in [-0.15, -0.1) is 0 Å². The molecule has 2 aromatic heterocycles. The van der Waals surface area contributed by atoms with Gasteiger partial charge in [-0.05, 0) is 79.8 Å². The molecule has 34 heavy (non-hydrogen) atoms. The molecule has 0 atom stereocenters. The number of rotatable bonds is 4. The van der Waals surface area contributed by atoms with Gasteiger partial charge in [0, 0.05) is 22.2 Å². The Bertz CT molecular complexity index is 1390. The van der Waals surface area contributed by atoms with E-state index in [-0.39, 0.29) is 35.4 Å². The number of hydrogen-bond acceptors (Lipinski definition) is 3. The Hall–Kier alpha value is -3.22. The number of aromatic amines is 1. The normalized spacial score (nSPS) is 18.8. The van der Waals surface area contributed by atoms with Crippen LogP contribution in [0.2, 0.25) is 0 Å². The highest BCUT2D eigenvalue weighted by Gasteiger charge is 2.34.